The van der Waals surface area contributed by atoms with Gasteiger partial charge in [0.25, 0.3) is 0 Å². The summed E-state index contributed by atoms with van der Waals surface area (Å²) in [5, 5.41) is 5.62. The fourth-order valence-corrected chi connectivity index (χ4v) is 1.59. The quantitative estimate of drug-likeness (QED) is 0.768. The van der Waals surface area contributed by atoms with Crippen molar-refractivity contribution in [2.75, 3.05) is 13.1 Å². The van der Waals surface area contributed by atoms with Gasteiger partial charge in [0.1, 0.15) is 5.51 Å². The van der Waals surface area contributed by atoms with Gasteiger partial charge in [0.2, 0.25) is 0 Å². The number of H-pyrrole nitrogens is 1. The summed E-state index contributed by atoms with van der Waals surface area (Å²) >= 11 is 1.06. The van der Waals surface area contributed by atoms with Crippen LogP contribution in [-0.2, 0) is 0 Å². The van der Waals surface area contributed by atoms with Gasteiger partial charge in [0, 0.05) is 18.8 Å². The largest absolute Gasteiger partial charge is 0.376 e. The molecule has 2 heterocycles. The Kier molecular flexibility index (Phi) is 4.39. The normalized spacial score (nSPS) is 14.8. The van der Waals surface area contributed by atoms with E-state index in [0.29, 0.717) is 0 Å². The standard InChI is InChI=1S/C7H13N.C2H2N2OS/c1-7(2)8-5-3-4-6-8;5-2-4-3-1-6-2/h1,3-6H2,2H3;1H,(H,4,5). The van der Waals surface area contributed by atoms with Gasteiger partial charge in [-0.25, -0.2) is 5.10 Å². The Hall–Kier alpha value is -1.10. The first kappa shape index (κ1) is 11.0. The summed E-state index contributed by atoms with van der Waals surface area (Å²) in [4.78, 5) is 12.2. The minimum atomic E-state index is -0.102. The molecule has 0 bridgehead atoms. The molecule has 2 rings (SSSR count). The Morgan fingerprint density at radius 1 is 1.64 bits per heavy atom. The molecule has 0 saturated carbocycles. The van der Waals surface area contributed by atoms with E-state index in [9.17, 15) is 4.79 Å². The zero-order chi connectivity index (χ0) is 10.4. The second kappa shape index (κ2) is 5.59. The zero-order valence-electron chi connectivity index (χ0n) is 8.32. The van der Waals surface area contributed by atoms with Crippen molar-refractivity contribution in [3.05, 3.63) is 27.5 Å². The molecule has 14 heavy (non-hydrogen) atoms. The molecular formula is C9H15N3OS. The van der Waals surface area contributed by atoms with Crippen molar-refractivity contribution in [1.29, 1.82) is 0 Å². The lowest BCUT2D eigenvalue weighted by Gasteiger charge is -2.15. The number of aromatic amines is 1. The third-order valence-corrected chi connectivity index (χ3v) is 2.53. The Labute approximate surface area is 87.3 Å². The van der Waals surface area contributed by atoms with Crippen molar-refractivity contribution < 1.29 is 0 Å². The van der Waals surface area contributed by atoms with Crippen molar-refractivity contribution in [2.24, 2.45) is 0 Å². The first-order valence-corrected chi connectivity index (χ1v) is 5.47. The van der Waals surface area contributed by atoms with Crippen LogP contribution in [0, 0.1) is 0 Å². The predicted octanol–water partition coefficient (Wildman–Crippen LogP) is 1.45. The van der Waals surface area contributed by atoms with E-state index in [-0.39, 0.29) is 4.87 Å². The van der Waals surface area contributed by atoms with Crippen LogP contribution in [0.3, 0.4) is 0 Å². The Morgan fingerprint density at radius 2 is 2.29 bits per heavy atom. The third kappa shape index (κ3) is 3.74. The van der Waals surface area contributed by atoms with E-state index < -0.39 is 0 Å². The second-order valence-corrected chi connectivity index (χ2v) is 4.00. The first-order chi connectivity index (χ1) is 6.70. The van der Waals surface area contributed by atoms with Gasteiger partial charge in [0.15, 0.2) is 0 Å². The molecule has 0 aromatic carbocycles. The molecule has 4 nitrogen and oxygen atoms in total. The topological polar surface area (TPSA) is 49.0 Å². The van der Waals surface area contributed by atoms with Crippen molar-refractivity contribution in [3.63, 3.8) is 0 Å². The van der Waals surface area contributed by atoms with Gasteiger partial charge in [-0.15, -0.1) is 0 Å². The highest BCUT2D eigenvalue weighted by Gasteiger charge is 2.08. The van der Waals surface area contributed by atoms with Crippen molar-refractivity contribution in [2.45, 2.75) is 19.8 Å². The van der Waals surface area contributed by atoms with Crippen LogP contribution in [0.15, 0.2) is 22.6 Å². The summed E-state index contributed by atoms with van der Waals surface area (Å²) < 4.78 is 0. The average Bonchev–Trinajstić information content (AvgIpc) is 2.75. The summed E-state index contributed by atoms with van der Waals surface area (Å²) in [6.45, 7) is 8.40. The van der Waals surface area contributed by atoms with Gasteiger partial charge < -0.3 is 4.90 Å². The molecular weight excluding hydrogens is 198 g/mol. The van der Waals surface area contributed by atoms with E-state index in [1.807, 2.05) is 0 Å². The van der Waals surface area contributed by atoms with E-state index >= 15 is 0 Å². The molecule has 0 amide bonds. The van der Waals surface area contributed by atoms with Gasteiger partial charge >= 0.3 is 4.87 Å². The number of hydrogen-bond donors (Lipinski definition) is 1. The van der Waals surface area contributed by atoms with E-state index in [2.05, 4.69) is 28.6 Å². The minimum Gasteiger partial charge on any atom is -0.376 e. The van der Waals surface area contributed by atoms with Crippen LogP contribution in [0.2, 0.25) is 0 Å². The van der Waals surface area contributed by atoms with Crippen molar-refractivity contribution in [3.8, 4) is 0 Å². The van der Waals surface area contributed by atoms with Gasteiger partial charge in [-0.2, -0.15) is 5.10 Å². The lowest BCUT2D eigenvalue weighted by molar-refractivity contribution is 0.430. The molecule has 1 aromatic heterocycles. The number of nitrogens with one attached hydrogen (secondary N) is 1. The van der Waals surface area contributed by atoms with Crippen LogP contribution < -0.4 is 4.87 Å². The number of aromatic nitrogens is 2. The number of rotatable bonds is 1. The maximum Gasteiger partial charge on any atom is 0.322 e. The van der Waals surface area contributed by atoms with Crippen LogP contribution >= 0.6 is 11.3 Å². The SMILES string of the molecule is C=C(C)N1CCCC1.O=c1[nH]ncs1. The second-order valence-electron chi connectivity index (χ2n) is 3.18. The number of allylic oxidation sites excluding steroid dienone is 1. The molecule has 1 aliphatic heterocycles. The molecule has 78 valence electrons. The Balaban J connectivity index is 0.000000146. The molecule has 1 N–H and O–H groups in total. The summed E-state index contributed by atoms with van der Waals surface area (Å²) in [6.07, 6.45) is 2.71. The number of likely N-dealkylation sites (tertiary alicyclic amines) is 1. The molecule has 1 aliphatic rings. The summed E-state index contributed by atoms with van der Waals surface area (Å²) in [5.41, 5.74) is 2.69. The molecule has 0 radical (unpaired) electrons. The number of nitrogens with zero attached hydrogens (tertiary/aromatic N) is 2. The molecule has 0 atom stereocenters. The molecule has 0 spiro atoms. The molecule has 0 aliphatic carbocycles. The van der Waals surface area contributed by atoms with Crippen LogP contribution in [0.1, 0.15) is 19.8 Å². The fraction of sp³-hybridized carbons (Fsp3) is 0.556. The van der Waals surface area contributed by atoms with Gasteiger partial charge in [-0.1, -0.05) is 17.9 Å². The van der Waals surface area contributed by atoms with Crippen molar-refractivity contribution >= 4 is 11.3 Å². The number of hydrogen-bond acceptors (Lipinski definition) is 4. The van der Waals surface area contributed by atoms with Crippen LogP contribution in [0.25, 0.3) is 0 Å². The lowest BCUT2D eigenvalue weighted by atomic mass is 10.4. The summed E-state index contributed by atoms with van der Waals surface area (Å²) in [6, 6.07) is 0. The highest BCUT2D eigenvalue weighted by Crippen LogP contribution is 2.11. The molecule has 1 saturated heterocycles. The van der Waals surface area contributed by atoms with Gasteiger partial charge in [-0.05, 0) is 19.8 Å². The van der Waals surface area contributed by atoms with E-state index in [1.165, 1.54) is 37.1 Å². The Morgan fingerprint density at radius 3 is 2.50 bits per heavy atom. The van der Waals surface area contributed by atoms with Gasteiger partial charge in [0.05, 0.1) is 0 Å². The van der Waals surface area contributed by atoms with Crippen molar-refractivity contribution in [1.82, 2.24) is 15.1 Å². The first-order valence-electron chi connectivity index (χ1n) is 4.59. The van der Waals surface area contributed by atoms with E-state index in [0.717, 1.165) is 11.3 Å². The highest BCUT2D eigenvalue weighted by atomic mass is 32.1. The third-order valence-electron chi connectivity index (χ3n) is 2.01. The maximum atomic E-state index is 9.97. The highest BCUT2D eigenvalue weighted by molar-refractivity contribution is 7.06. The minimum absolute atomic E-state index is 0.102. The van der Waals surface area contributed by atoms with Crippen LogP contribution in [0.5, 0.6) is 0 Å². The maximum absolute atomic E-state index is 9.97. The van der Waals surface area contributed by atoms with Gasteiger partial charge in [-0.3, -0.25) is 4.79 Å². The average molecular weight is 213 g/mol. The summed E-state index contributed by atoms with van der Waals surface area (Å²) in [7, 11) is 0. The fourth-order valence-electron chi connectivity index (χ4n) is 1.28. The van der Waals surface area contributed by atoms with Crippen LogP contribution in [-0.4, -0.2) is 28.2 Å². The zero-order valence-corrected chi connectivity index (χ0v) is 9.14. The molecule has 0 unspecified atom stereocenters. The summed E-state index contributed by atoms with van der Waals surface area (Å²) in [5.74, 6) is 0. The molecule has 1 aromatic rings. The van der Waals surface area contributed by atoms with Crippen LogP contribution in [0.4, 0.5) is 0 Å². The van der Waals surface area contributed by atoms with E-state index in [1.54, 1.807) is 0 Å². The molecule has 5 heteroatoms. The Bertz CT molecular complexity index is 308. The smallest absolute Gasteiger partial charge is 0.322 e. The van der Waals surface area contributed by atoms with E-state index in [4.69, 9.17) is 0 Å². The molecule has 1 fully saturated rings. The lowest BCUT2D eigenvalue weighted by Crippen LogP contribution is -2.15. The monoisotopic (exact) mass is 213 g/mol. The predicted molar refractivity (Wildman–Crippen MR) is 58.4 cm³/mol.